The van der Waals surface area contributed by atoms with Gasteiger partial charge in [-0.3, -0.25) is 9.47 Å². The third kappa shape index (κ3) is 4.82. The van der Waals surface area contributed by atoms with E-state index in [1.165, 1.54) is 22.4 Å². The Kier molecular flexibility index (Phi) is 6.92. The van der Waals surface area contributed by atoms with Crippen molar-refractivity contribution in [3.63, 3.8) is 0 Å². The third-order valence-corrected chi connectivity index (χ3v) is 8.85. The molecule has 1 aliphatic rings. The zero-order valence-electron chi connectivity index (χ0n) is 24.2. The summed E-state index contributed by atoms with van der Waals surface area (Å²) in [5.74, 6) is 0.886. The fourth-order valence-corrected chi connectivity index (χ4v) is 6.79. The lowest BCUT2D eigenvalue weighted by Gasteiger charge is -2.24. The van der Waals surface area contributed by atoms with Crippen LogP contribution in [-0.2, 0) is 26.3 Å². The second kappa shape index (κ2) is 11.0. The van der Waals surface area contributed by atoms with Crippen molar-refractivity contribution in [3.05, 3.63) is 132 Å². The van der Waals surface area contributed by atoms with Gasteiger partial charge < -0.3 is 4.57 Å². The first-order valence-electron chi connectivity index (χ1n) is 14.6. The lowest BCUT2D eigenvalue weighted by molar-refractivity contribution is 0.860. The van der Waals surface area contributed by atoms with Gasteiger partial charge in [-0.1, -0.05) is 86.3 Å². The average molecular weight is 568 g/mol. The number of rotatable bonds is 4. The maximum absolute atomic E-state index is 5.27. The highest BCUT2D eigenvalue weighted by atomic mass is 32.2. The van der Waals surface area contributed by atoms with Gasteiger partial charge in [-0.25, -0.2) is 9.97 Å². The Morgan fingerprint density at radius 1 is 0.738 bits per heavy atom. The Labute approximate surface area is 251 Å². The van der Waals surface area contributed by atoms with Gasteiger partial charge in [0.25, 0.3) is 0 Å². The van der Waals surface area contributed by atoms with Gasteiger partial charge in [0.1, 0.15) is 0 Å². The van der Waals surface area contributed by atoms with E-state index in [4.69, 9.17) is 9.97 Å². The smallest absolute Gasteiger partial charge is 0.214 e. The van der Waals surface area contributed by atoms with Gasteiger partial charge in [-0.2, -0.15) is 0 Å². The van der Waals surface area contributed by atoms with Crippen LogP contribution in [0.15, 0.2) is 120 Å². The summed E-state index contributed by atoms with van der Waals surface area (Å²) in [4.78, 5) is 13.8. The van der Waals surface area contributed by atoms with Crippen LogP contribution in [0, 0.1) is 0 Å². The molecule has 7 rings (SSSR count). The van der Waals surface area contributed by atoms with Crippen molar-refractivity contribution >= 4 is 29.1 Å². The molecular formula is C36H33N5S. The number of aromatic nitrogens is 4. The lowest BCUT2D eigenvalue weighted by atomic mass is 10.0. The maximum Gasteiger partial charge on any atom is 0.214 e. The number of nitrogens with zero attached hydrogens (tertiary/aromatic N) is 5. The molecule has 4 aromatic carbocycles. The fourth-order valence-electron chi connectivity index (χ4n) is 5.87. The zero-order chi connectivity index (χ0) is 28.6. The van der Waals surface area contributed by atoms with Crippen molar-refractivity contribution < 1.29 is 0 Å². The zero-order valence-corrected chi connectivity index (χ0v) is 25.0. The third-order valence-electron chi connectivity index (χ3n) is 7.89. The number of para-hydroxylation sites is 2. The first-order valence-corrected chi connectivity index (χ1v) is 15.4. The Morgan fingerprint density at radius 3 is 2.26 bits per heavy atom. The normalized spacial score (nSPS) is 12.6. The van der Waals surface area contributed by atoms with E-state index < -0.39 is 0 Å². The van der Waals surface area contributed by atoms with Crippen LogP contribution in [-0.4, -0.2) is 19.1 Å². The van der Waals surface area contributed by atoms with Gasteiger partial charge >= 0.3 is 0 Å². The summed E-state index contributed by atoms with van der Waals surface area (Å²) in [6.07, 6.45) is 7.03. The van der Waals surface area contributed by atoms with Gasteiger partial charge in [-0.15, -0.1) is 0 Å². The number of anilines is 3. The Hall–Kier alpha value is -4.55. The van der Waals surface area contributed by atoms with Crippen LogP contribution in [0.25, 0.3) is 16.9 Å². The van der Waals surface area contributed by atoms with Gasteiger partial charge in [0.15, 0.2) is 5.16 Å². The molecule has 0 amide bonds. The van der Waals surface area contributed by atoms with Gasteiger partial charge in [0.2, 0.25) is 5.95 Å². The highest BCUT2D eigenvalue weighted by Gasteiger charge is 2.21. The van der Waals surface area contributed by atoms with Crippen molar-refractivity contribution in [3.8, 4) is 16.9 Å². The molecule has 3 heterocycles. The number of hydrogen-bond donors (Lipinski definition) is 0. The number of aryl methyl sites for hydroxylation is 3. The van der Waals surface area contributed by atoms with E-state index in [9.17, 15) is 0 Å². The monoisotopic (exact) mass is 567 g/mol. The van der Waals surface area contributed by atoms with E-state index in [0.717, 1.165) is 63.6 Å². The van der Waals surface area contributed by atoms with Crippen molar-refractivity contribution in [1.82, 2.24) is 19.1 Å². The van der Waals surface area contributed by atoms with E-state index in [0.29, 0.717) is 0 Å². The molecule has 42 heavy (non-hydrogen) atoms. The van der Waals surface area contributed by atoms with Crippen molar-refractivity contribution in [2.45, 2.75) is 43.2 Å². The number of benzene rings is 4. The van der Waals surface area contributed by atoms with Gasteiger partial charge in [0.05, 0.1) is 22.8 Å². The van der Waals surface area contributed by atoms with Crippen molar-refractivity contribution in [2.75, 3.05) is 4.90 Å². The molecule has 0 radical (unpaired) electrons. The molecular weight excluding hydrogens is 534 g/mol. The van der Waals surface area contributed by atoms with Crippen LogP contribution in [0.4, 0.5) is 17.3 Å². The molecule has 0 saturated heterocycles. The molecule has 1 aliphatic heterocycles. The average Bonchev–Trinajstić information content (AvgIpc) is 3.60. The minimum atomic E-state index is 0.741. The van der Waals surface area contributed by atoms with Crippen LogP contribution in [0.3, 0.4) is 0 Å². The van der Waals surface area contributed by atoms with Crippen LogP contribution in [0.5, 0.6) is 0 Å². The summed E-state index contributed by atoms with van der Waals surface area (Å²) in [5.41, 5.74) is 10.4. The van der Waals surface area contributed by atoms with Crippen LogP contribution in [0.1, 0.15) is 36.2 Å². The Bertz CT molecular complexity index is 1860. The molecule has 8 bridgehead atoms. The minimum Gasteiger partial charge on any atom is -0.320 e. The first-order chi connectivity index (χ1) is 20.6. The van der Waals surface area contributed by atoms with Crippen LogP contribution >= 0.6 is 11.8 Å². The first kappa shape index (κ1) is 26.4. The number of fused-ring (bicyclic) bond motifs is 9. The Balaban J connectivity index is 1.47. The minimum absolute atomic E-state index is 0.741. The molecule has 208 valence electrons. The molecule has 0 spiro atoms. The second-order valence-electron chi connectivity index (χ2n) is 10.7. The molecule has 0 aliphatic carbocycles. The highest BCUT2D eigenvalue weighted by molar-refractivity contribution is 7.99. The molecule has 0 atom stereocenters. The molecule has 2 aromatic heterocycles. The van der Waals surface area contributed by atoms with Crippen LogP contribution < -0.4 is 4.90 Å². The molecule has 0 saturated carbocycles. The predicted octanol–water partition coefficient (Wildman–Crippen LogP) is 8.92. The molecule has 0 N–H and O–H groups in total. The maximum atomic E-state index is 5.27. The summed E-state index contributed by atoms with van der Waals surface area (Å²) in [6, 6.07) is 34.6. The summed E-state index contributed by atoms with van der Waals surface area (Å²) < 4.78 is 4.45. The van der Waals surface area contributed by atoms with Gasteiger partial charge in [-0.05, 0) is 65.9 Å². The van der Waals surface area contributed by atoms with E-state index >= 15 is 0 Å². The van der Waals surface area contributed by atoms with Gasteiger partial charge in [0, 0.05) is 42.0 Å². The van der Waals surface area contributed by atoms with Crippen LogP contribution in [0.2, 0.25) is 0 Å². The molecule has 5 nitrogen and oxygen atoms in total. The molecule has 0 unspecified atom stereocenters. The lowest BCUT2D eigenvalue weighted by Crippen LogP contribution is -2.14. The molecule has 6 aromatic rings. The summed E-state index contributed by atoms with van der Waals surface area (Å²) >= 11 is 1.71. The topological polar surface area (TPSA) is 38.9 Å². The Morgan fingerprint density at radius 2 is 1.48 bits per heavy atom. The second-order valence-corrected chi connectivity index (χ2v) is 11.7. The van der Waals surface area contributed by atoms with E-state index in [1.807, 2.05) is 0 Å². The van der Waals surface area contributed by atoms with Crippen molar-refractivity contribution in [2.24, 2.45) is 7.05 Å². The quantitative estimate of drug-likeness (QED) is 0.213. The van der Waals surface area contributed by atoms with E-state index in [1.54, 1.807) is 11.8 Å². The highest BCUT2D eigenvalue weighted by Crippen LogP contribution is 2.39. The van der Waals surface area contributed by atoms with E-state index in [2.05, 4.69) is 144 Å². The SMILES string of the molecule is CCc1cccc(CC)c1-n1cc2nc1Sc1cccc(c1)N(c1ccccc1)c1nc(cn1C)Cc1cccc-2c1. The largest absolute Gasteiger partial charge is 0.320 e. The standard InChI is InChI=1S/C36H33N5S/c1-4-26-13-10-14-27(5-2)34(26)40-24-33-28-15-9-12-25(20-28)21-29-23-39(3)35(37-29)41(30-16-7-6-8-17-30)31-18-11-19-32(22-31)42-36(40)38-33/h6-20,22-24H,4-5,21H2,1-3H3. The summed E-state index contributed by atoms with van der Waals surface area (Å²) in [5, 5.41) is 0.961. The number of hydrogen-bond acceptors (Lipinski definition) is 4. The predicted molar refractivity (Wildman–Crippen MR) is 173 cm³/mol. The number of imidazole rings is 2. The van der Waals surface area contributed by atoms with E-state index in [-0.39, 0.29) is 0 Å². The molecule has 0 fully saturated rings. The summed E-state index contributed by atoms with van der Waals surface area (Å²) in [7, 11) is 2.08. The summed E-state index contributed by atoms with van der Waals surface area (Å²) in [6.45, 7) is 4.46. The van der Waals surface area contributed by atoms with Crippen molar-refractivity contribution in [1.29, 1.82) is 0 Å². The fraction of sp³-hybridized carbons (Fsp3) is 0.167. The molecule has 6 heteroatoms.